The number of pyridine rings is 1. The van der Waals surface area contributed by atoms with Crippen LogP contribution >= 0.6 is 0 Å². The Morgan fingerprint density at radius 1 is 1.13 bits per heavy atom. The molecule has 6 rings (SSSR count). The van der Waals surface area contributed by atoms with Gasteiger partial charge in [-0.05, 0) is 67.4 Å². The minimum absolute atomic E-state index is 0.384. The molecule has 2 aromatic carbocycles. The number of primary amides is 1. The van der Waals surface area contributed by atoms with Crippen LogP contribution in [-0.2, 0) is 16.1 Å². The second-order valence-electron chi connectivity index (χ2n) is 9.27. The summed E-state index contributed by atoms with van der Waals surface area (Å²) in [5.74, 6) is 1.17. The number of aromatic nitrogens is 3. The molecule has 0 atom stereocenters. The predicted octanol–water partition coefficient (Wildman–Crippen LogP) is 3.20. The van der Waals surface area contributed by atoms with Crippen molar-refractivity contribution in [3.63, 3.8) is 0 Å². The molecule has 1 fully saturated rings. The van der Waals surface area contributed by atoms with Gasteiger partial charge in [0.05, 0.1) is 0 Å². The van der Waals surface area contributed by atoms with E-state index < -0.39 is 23.0 Å². The molecule has 10 nitrogen and oxygen atoms in total. The van der Waals surface area contributed by atoms with E-state index in [1.54, 1.807) is 37.5 Å². The maximum absolute atomic E-state index is 13.6. The van der Waals surface area contributed by atoms with Gasteiger partial charge in [0, 0.05) is 43.3 Å². The van der Waals surface area contributed by atoms with E-state index >= 15 is 0 Å². The zero-order valence-corrected chi connectivity index (χ0v) is 20.5. The predicted molar refractivity (Wildman–Crippen MR) is 138 cm³/mol. The van der Waals surface area contributed by atoms with Crippen molar-refractivity contribution in [2.24, 2.45) is 16.1 Å². The Kier molecular flexibility index (Phi) is 5.55. The molecule has 3 N–H and O–H groups in total. The Morgan fingerprint density at radius 2 is 1.82 bits per heavy atom. The molecule has 1 aliphatic carbocycles. The summed E-state index contributed by atoms with van der Waals surface area (Å²) in [5, 5.41) is 3.34. The van der Waals surface area contributed by atoms with Crippen molar-refractivity contribution in [2.45, 2.75) is 19.4 Å². The lowest BCUT2D eigenvalue weighted by Crippen LogP contribution is -2.41. The van der Waals surface area contributed by atoms with Crippen LogP contribution < -0.4 is 26.3 Å². The van der Waals surface area contributed by atoms with Gasteiger partial charge in [0.1, 0.15) is 22.8 Å². The van der Waals surface area contributed by atoms with Crippen LogP contribution in [0.5, 0.6) is 11.5 Å². The molecule has 192 valence electrons. The number of amides is 2. The van der Waals surface area contributed by atoms with E-state index in [1.165, 1.54) is 29.2 Å². The number of anilines is 3. The number of nitrogens with two attached hydrogens (primary N) is 1. The van der Waals surface area contributed by atoms with E-state index in [0.29, 0.717) is 41.3 Å². The minimum atomic E-state index is -1.24. The van der Waals surface area contributed by atoms with Crippen LogP contribution in [0.2, 0.25) is 0 Å². The van der Waals surface area contributed by atoms with Gasteiger partial charge in [-0.25, -0.2) is 9.37 Å². The second-order valence-corrected chi connectivity index (χ2v) is 9.27. The molecule has 4 aliphatic rings. The van der Waals surface area contributed by atoms with E-state index in [2.05, 4.69) is 20.3 Å². The maximum Gasteiger partial charge on any atom is 0.247 e. The third kappa shape index (κ3) is 3.92. The summed E-state index contributed by atoms with van der Waals surface area (Å²) in [5.41, 5.74) is 6.49. The number of halogens is 1. The van der Waals surface area contributed by atoms with Crippen LogP contribution in [0.25, 0.3) is 11.4 Å². The van der Waals surface area contributed by atoms with Gasteiger partial charge in [-0.1, -0.05) is 0 Å². The molecule has 3 aliphatic heterocycles. The van der Waals surface area contributed by atoms with E-state index in [1.807, 2.05) is 10.6 Å². The van der Waals surface area contributed by atoms with E-state index in [-0.39, 0.29) is 0 Å². The summed E-state index contributed by atoms with van der Waals surface area (Å²) in [6.07, 6.45) is 2.48. The smallest absolute Gasteiger partial charge is 0.247 e. The second kappa shape index (κ2) is 8.94. The average molecular weight is 514 g/mol. The van der Waals surface area contributed by atoms with Gasteiger partial charge >= 0.3 is 0 Å². The van der Waals surface area contributed by atoms with Crippen molar-refractivity contribution in [3.8, 4) is 22.9 Å². The van der Waals surface area contributed by atoms with Gasteiger partial charge in [-0.2, -0.15) is 4.98 Å². The van der Waals surface area contributed by atoms with Crippen molar-refractivity contribution in [1.29, 1.82) is 0 Å². The number of carbonyl (C=O) groups excluding carboxylic acids is 2. The summed E-state index contributed by atoms with van der Waals surface area (Å²) in [6, 6.07) is 14.3. The maximum atomic E-state index is 13.6. The lowest BCUT2D eigenvalue weighted by molar-refractivity contribution is -0.133. The molecule has 3 heterocycles. The van der Waals surface area contributed by atoms with Crippen LogP contribution in [-0.4, -0.2) is 39.9 Å². The lowest BCUT2D eigenvalue weighted by atomic mass is 10.0. The SMILES string of the molecule is CN=c1ncc2cc(Oc3ccc(N(C(=O)C4(C(N)=O)CC4)c4ccc(F)cc4)cc3)c3n(c-2n1)CCN3. The molecule has 0 radical (unpaired) electrons. The molecular formula is C27H24FN7O3. The first-order chi connectivity index (χ1) is 18.4. The van der Waals surface area contributed by atoms with Gasteiger partial charge < -0.3 is 20.4 Å². The number of fused-ring (bicyclic) bond motifs is 3. The Balaban J connectivity index is 1.34. The Labute approximate surface area is 217 Å². The molecule has 0 bridgehead atoms. The van der Waals surface area contributed by atoms with Crippen LogP contribution in [0.3, 0.4) is 0 Å². The average Bonchev–Trinajstić information content (AvgIpc) is 3.60. The summed E-state index contributed by atoms with van der Waals surface area (Å²) in [7, 11) is 1.65. The van der Waals surface area contributed by atoms with Crippen LogP contribution in [0, 0.1) is 11.2 Å². The van der Waals surface area contributed by atoms with E-state index in [0.717, 1.165) is 30.3 Å². The monoisotopic (exact) mass is 513 g/mol. The number of hydrogen-bond donors (Lipinski definition) is 2. The molecule has 1 saturated carbocycles. The molecular weight excluding hydrogens is 489 g/mol. The minimum Gasteiger partial charge on any atom is -0.454 e. The largest absolute Gasteiger partial charge is 0.454 e. The molecule has 2 amide bonds. The summed E-state index contributed by atoms with van der Waals surface area (Å²) >= 11 is 0. The number of ether oxygens (including phenoxy) is 1. The molecule has 0 saturated heterocycles. The van der Waals surface area contributed by atoms with Crippen LogP contribution in [0.1, 0.15) is 12.8 Å². The first kappa shape index (κ1) is 23.6. The van der Waals surface area contributed by atoms with E-state index in [4.69, 9.17) is 10.5 Å². The van der Waals surface area contributed by atoms with Crippen molar-refractivity contribution in [3.05, 3.63) is 72.2 Å². The normalized spacial score (nSPS) is 15.6. The fourth-order valence-electron chi connectivity index (χ4n) is 4.68. The number of nitrogens with one attached hydrogen (secondary N) is 1. The highest BCUT2D eigenvalue weighted by atomic mass is 19.1. The molecule has 0 unspecified atom stereocenters. The highest BCUT2D eigenvalue weighted by Crippen LogP contribution is 2.49. The Morgan fingerprint density at radius 3 is 2.45 bits per heavy atom. The number of hydrogen-bond acceptors (Lipinski definition) is 7. The highest BCUT2D eigenvalue weighted by Gasteiger charge is 2.57. The Hall–Kier alpha value is -4.80. The van der Waals surface area contributed by atoms with Crippen molar-refractivity contribution >= 4 is 29.0 Å². The zero-order chi connectivity index (χ0) is 26.4. The summed E-state index contributed by atoms with van der Waals surface area (Å²) in [6.45, 7) is 1.45. The first-order valence-corrected chi connectivity index (χ1v) is 12.1. The van der Waals surface area contributed by atoms with Crippen LogP contribution in [0.4, 0.5) is 21.6 Å². The zero-order valence-electron chi connectivity index (χ0n) is 20.5. The molecule has 0 spiro atoms. The van der Waals surface area contributed by atoms with Crippen LogP contribution in [0.15, 0.2) is 65.8 Å². The number of rotatable bonds is 6. The van der Waals surface area contributed by atoms with Gasteiger partial charge in [0.25, 0.3) is 0 Å². The fourth-order valence-corrected chi connectivity index (χ4v) is 4.68. The molecule has 38 heavy (non-hydrogen) atoms. The number of carbonyl (C=O) groups is 2. The summed E-state index contributed by atoms with van der Waals surface area (Å²) < 4.78 is 21.9. The van der Waals surface area contributed by atoms with Crippen molar-refractivity contribution in [1.82, 2.24) is 14.5 Å². The first-order valence-electron chi connectivity index (χ1n) is 12.1. The van der Waals surface area contributed by atoms with Crippen molar-refractivity contribution in [2.75, 3.05) is 23.8 Å². The number of nitrogens with zero attached hydrogens (tertiary/aromatic N) is 5. The van der Waals surface area contributed by atoms with E-state index in [9.17, 15) is 14.0 Å². The Bertz CT molecular complexity index is 1590. The fraction of sp³-hybridized carbons (Fsp3) is 0.222. The summed E-state index contributed by atoms with van der Waals surface area (Å²) in [4.78, 5) is 39.9. The lowest BCUT2D eigenvalue weighted by Gasteiger charge is -2.26. The topological polar surface area (TPSA) is 128 Å². The number of benzene rings is 2. The highest BCUT2D eigenvalue weighted by molar-refractivity contribution is 6.16. The third-order valence-corrected chi connectivity index (χ3v) is 6.90. The van der Waals surface area contributed by atoms with Gasteiger partial charge in [0.15, 0.2) is 11.6 Å². The third-order valence-electron chi connectivity index (χ3n) is 6.90. The molecule has 0 aromatic heterocycles. The standard InChI is InChI=1S/C27H24FN7O3/c1-30-26-32-15-16-14-21(23-31-12-13-34(23)22(16)33-26)38-20-8-6-19(7-9-20)35(18-4-2-17(28)3-5-18)25(37)27(10-11-27)24(29)36/h2-9,14-15,31H,10-13H2,1H3,(H2,29,36). The molecule has 2 aromatic rings. The van der Waals surface area contributed by atoms with Gasteiger partial charge in [-0.15, -0.1) is 0 Å². The van der Waals surface area contributed by atoms with Gasteiger partial charge in [0.2, 0.25) is 17.4 Å². The quantitative estimate of drug-likeness (QED) is 0.381. The van der Waals surface area contributed by atoms with Crippen molar-refractivity contribution < 1.29 is 18.7 Å². The molecule has 11 heteroatoms. The van der Waals surface area contributed by atoms with Gasteiger partial charge in [-0.3, -0.25) is 19.5 Å².